The van der Waals surface area contributed by atoms with E-state index in [1.165, 1.54) is 6.92 Å². The maximum absolute atomic E-state index is 12.3. The summed E-state index contributed by atoms with van der Waals surface area (Å²) in [4.78, 5) is 0. The van der Waals surface area contributed by atoms with E-state index in [0.717, 1.165) is 0 Å². The predicted molar refractivity (Wildman–Crippen MR) is 48.7 cm³/mol. The maximum Gasteiger partial charge on any atom is 0.406 e. The molecule has 0 aromatic heterocycles. The van der Waals surface area contributed by atoms with E-state index in [1.807, 2.05) is 0 Å². The molecular weight excluding hydrogens is 241 g/mol. The minimum absolute atomic E-state index is 0.177. The zero-order valence-corrected chi connectivity index (χ0v) is 9.38. The first kappa shape index (κ1) is 14.0. The van der Waals surface area contributed by atoms with Crippen LogP contribution in [0.15, 0.2) is 0 Å². The van der Waals surface area contributed by atoms with Crippen LogP contribution in [-0.4, -0.2) is 19.8 Å². The summed E-state index contributed by atoms with van der Waals surface area (Å²) >= 11 is 0. The lowest BCUT2D eigenvalue weighted by Gasteiger charge is -2.22. The van der Waals surface area contributed by atoms with Crippen LogP contribution in [-0.2, 0) is 9.05 Å². The monoisotopic (exact) mass is 252 g/mol. The molecule has 2 unspecified atom stereocenters. The van der Waals surface area contributed by atoms with Crippen LogP contribution in [0.4, 0.5) is 13.2 Å². The van der Waals surface area contributed by atoms with Gasteiger partial charge in [0.1, 0.15) is 0 Å². The van der Waals surface area contributed by atoms with Crippen molar-refractivity contribution in [2.75, 3.05) is 0 Å². The molecule has 14 heavy (non-hydrogen) atoms. The number of rotatable bonds is 4. The SMILES string of the molecule is CCCC(C)C(C(F)(F)F)S(=O)(=O)Cl. The highest BCUT2D eigenvalue weighted by Crippen LogP contribution is 2.35. The standard InChI is InChI=1S/C7H12ClF3O2S/c1-3-4-5(2)6(7(9,10)11)14(8,12)13/h5-6H,3-4H2,1-2H3. The lowest BCUT2D eigenvalue weighted by molar-refractivity contribution is -0.138. The number of alkyl halides is 3. The molecule has 0 bridgehead atoms. The largest absolute Gasteiger partial charge is 0.406 e. The lowest BCUT2D eigenvalue weighted by Crippen LogP contribution is -2.39. The molecule has 0 spiro atoms. The fraction of sp³-hybridized carbons (Fsp3) is 1.00. The molecule has 0 aromatic rings. The molecule has 86 valence electrons. The van der Waals surface area contributed by atoms with Crippen LogP contribution < -0.4 is 0 Å². The normalized spacial score (nSPS) is 17.9. The number of halogens is 4. The second-order valence-electron chi connectivity index (χ2n) is 3.20. The average molecular weight is 253 g/mol. The lowest BCUT2D eigenvalue weighted by atomic mass is 10.0. The van der Waals surface area contributed by atoms with E-state index in [4.69, 9.17) is 10.7 Å². The van der Waals surface area contributed by atoms with Crippen LogP contribution in [0.3, 0.4) is 0 Å². The first-order valence-corrected chi connectivity index (χ1v) is 6.48. The molecule has 0 saturated heterocycles. The summed E-state index contributed by atoms with van der Waals surface area (Å²) in [5.74, 6) is -1.01. The van der Waals surface area contributed by atoms with Gasteiger partial charge in [0.05, 0.1) is 0 Å². The molecule has 0 N–H and O–H groups in total. The van der Waals surface area contributed by atoms with E-state index in [9.17, 15) is 21.6 Å². The van der Waals surface area contributed by atoms with Gasteiger partial charge in [0.25, 0.3) is 0 Å². The van der Waals surface area contributed by atoms with Crippen molar-refractivity contribution in [3.05, 3.63) is 0 Å². The van der Waals surface area contributed by atoms with E-state index in [1.54, 1.807) is 6.92 Å². The summed E-state index contributed by atoms with van der Waals surface area (Å²) in [7, 11) is 0.170. The molecule has 0 aliphatic rings. The van der Waals surface area contributed by atoms with Gasteiger partial charge in [-0.1, -0.05) is 20.3 Å². The Hall–Kier alpha value is 0.0300. The fourth-order valence-electron chi connectivity index (χ4n) is 1.37. The van der Waals surface area contributed by atoms with Gasteiger partial charge < -0.3 is 0 Å². The predicted octanol–water partition coefficient (Wildman–Crippen LogP) is 2.92. The van der Waals surface area contributed by atoms with Crippen molar-refractivity contribution < 1.29 is 21.6 Å². The summed E-state index contributed by atoms with van der Waals surface area (Å²) in [5.41, 5.74) is 0. The summed E-state index contributed by atoms with van der Waals surface area (Å²) in [6.45, 7) is 2.92. The highest BCUT2D eigenvalue weighted by Gasteiger charge is 2.50. The van der Waals surface area contributed by atoms with Gasteiger partial charge >= 0.3 is 6.18 Å². The maximum atomic E-state index is 12.3. The van der Waals surface area contributed by atoms with Gasteiger partial charge in [-0.25, -0.2) is 8.42 Å². The summed E-state index contributed by atoms with van der Waals surface area (Å²) in [6, 6.07) is 0. The van der Waals surface area contributed by atoms with Crippen LogP contribution in [0.25, 0.3) is 0 Å². The second kappa shape index (κ2) is 4.70. The third-order valence-electron chi connectivity index (χ3n) is 1.89. The number of hydrogen-bond acceptors (Lipinski definition) is 2. The van der Waals surface area contributed by atoms with Crippen LogP contribution in [0.5, 0.6) is 0 Å². The van der Waals surface area contributed by atoms with Crippen molar-refractivity contribution in [1.82, 2.24) is 0 Å². The van der Waals surface area contributed by atoms with Gasteiger partial charge in [0.15, 0.2) is 5.25 Å². The molecule has 0 aliphatic carbocycles. The Morgan fingerprint density at radius 3 is 2.00 bits per heavy atom. The molecule has 0 radical (unpaired) electrons. The third-order valence-corrected chi connectivity index (χ3v) is 3.80. The van der Waals surface area contributed by atoms with Crippen molar-refractivity contribution in [3.63, 3.8) is 0 Å². The smallest absolute Gasteiger partial charge is 0.212 e. The van der Waals surface area contributed by atoms with Crippen molar-refractivity contribution >= 4 is 19.7 Å². The molecule has 2 atom stereocenters. The van der Waals surface area contributed by atoms with Gasteiger partial charge in [-0.05, 0) is 12.3 Å². The molecule has 0 amide bonds. The molecule has 0 rings (SSSR count). The minimum atomic E-state index is -4.80. The zero-order chi connectivity index (χ0) is 11.6. The molecule has 0 aliphatic heterocycles. The topological polar surface area (TPSA) is 34.1 Å². The summed E-state index contributed by atoms with van der Waals surface area (Å²) in [5, 5.41) is -2.46. The summed E-state index contributed by atoms with van der Waals surface area (Å²) < 4.78 is 58.5. The van der Waals surface area contributed by atoms with Gasteiger partial charge in [0, 0.05) is 10.7 Å². The Kier molecular flexibility index (Phi) is 4.71. The molecule has 0 heterocycles. The van der Waals surface area contributed by atoms with E-state index < -0.39 is 26.4 Å². The van der Waals surface area contributed by atoms with Crippen LogP contribution in [0.1, 0.15) is 26.7 Å². The van der Waals surface area contributed by atoms with Crippen molar-refractivity contribution in [1.29, 1.82) is 0 Å². The first-order valence-electron chi connectivity index (χ1n) is 4.10. The van der Waals surface area contributed by atoms with Crippen molar-refractivity contribution in [2.45, 2.75) is 38.1 Å². The van der Waals surface area contributed by atoms with Crippen LogP contribution in [0.2, 0.25) is 0 Å². The Morgan fingerprint density at radius 2 is 1.79 bits per heavy atom. The Labute approximate surface area is 85.9 Å². The van der Waals surface area contributed by atoms with E-state index in [0.29, 0.717) is 6.42 Å². The molecule has 0 aromatic carbocycles. The van der Waals surface area contributed by atoms with Gasteiger partial charge in [0.2, 0.25) is 9.05 Å². The third kappa shape index (κ3) is 4.04. The van der Waals surface area contributed by atoms with Crippen molar-refractivity contribution in [2.24, 2.45) is 5.92 Å². The molecule has 7 heteroatoms. The first-order chi connectivity index (χ1) is 6.10. The van der Waals surface area contributed by atoms with Crippen LogP contribution in [0, 0.1) is 5.92 Å². The van der Waals surface area contributed by atoms with Gasteiger partial charge in [-0.3, -0.25) is 0 Å². The van der Waals surface area contributed by atoms with E-state index in [2.05, 4.69) is 0 Å². The zero-order valence-electron chi connectivity index (χ0n) is 7.81. The highest BCUT2D eigenvalue weighted by molar-refractivity contribution is 8.14. The quantitative estimate of drug-likeness (QED) is 0.721. The van der Waals surface area contributed by atoms with Crippen molar-refractivity contribution in [3.8, 4) is 0 Å². The average Bonchev–Trinajstić information content (AvgIpc) is 1.78. The van der Waals surface area contributed by atoms with E-state index >= 15 is 0 Å². The second-order valence-corrected chi connectivity index (χ2v) is 5.95. The molecule has 0 saturated carbocycles. The number of hydrogen-bond donors (Lipinski definition) is 0. The minimum Gasteiger partial charge on any atom is -0.212 e. The van der Waals surface area contributed by atoms with Gasteiger partial charge in [-0.2, -0.15) is 13.2 Å². The molecule has 2 nitrogen and oxygen atoms in total. The Bertz CT molecular complexity index is 273. The summed E-state index contributed by atoms with van der Waals surface area (Å²) in [6.07, 6.45) is -4.13. The highest BCUT2D eigenvalue weighted by atomic mass is 35.7. The van der Waals surface area contributed by atoms with Gasteiger partial charge in [-0.15, -0.1) is 0 Å². The van der Waals surface area contributed by atoms with Crippen LogP contribution >= 0.6 is 10.7 Å². The molecular formula is C7H12ClF3O2S. The molecule has 0 fully saturated rings. The Balaban J connectivity index is 4.94. The van der Waals surface area contributed by atoms with E-state index in [-0.39, 0.29) is 6.42 Å². The fourth-order valence-corrected chi connectivity index (χ4v) is 3.21. The Morgan fingerprint density at radius 1 is 1.36 bits per heavy atom.